The lowest BCUT2D eigenvalue weighted by Gasteiger charge is -2.10. The number of hydrogen-bond acceptors (Lipinski definition) is 2. The molecule has 112 valence electrons. The van der Waals surface area contributed by atoms with Crippen molar-refractivity contribution < 1.29 is 4.74 Å². The molecule has 0 aromatic heterocycles. The zero-order chi connectivity index (χ0) is 15.1. The van der Waals surface area contributed by atoms with Gasteiger partial charge in [-0.25, -0.2) is 0 Å². The fraction of sp³-hybridized carbons (Fsp3) is 0.333. The molecule has 0 saturated carbocycles. The van der Waals surface area contributed by atoms with Crippen molar-refractivity contribution in [3.8, 4) is 5.75 Å². The van der Waals surface area contributed by atoms with Crippen LogP contribution in [-0.4, -0.2) is 6.54 Å². The van der Waals surface area contributed by atoms with E-state index >= 15 is 0 Å². The van der Waals surface area contributed by atoms with Gasteiger partial charge in [-0.1, -0.05) is 48.9 Å². The third-order valence-corrected chi connectivity index (χ3v) is 3.57. The summed E-state index contributed by atoms with van der Waals surface area (Å²) in [6, 6.07) is 14.3. The lowest BCUT2D eigenvalue weighted by Crippen LogP contribution is -2.13. The summed E-state index contributed by atoms with van der Waals surface area (Å²) >= 11 is 6.13. The third-order valence-electron chi connectivity index (χ3n) is 3.26. The largest absolute Gasteiger partial charge is 0.487 e. The van der Waals surface area contributed by atoms with Crippen molar-refractivity contribution in [1.29, 1.82) is 0 Å². The highest BCUT2D eigenvalue weighted by Gasteiger charge is 2.02. The van der Waals surface area contributed by atoms with Gasteiger partial charge in [0, 0.05) is 6.54 Å². The van der Waals surface area contributed by atoms with E-state index < -0.39 is 0 Å². The van der Waals surface area contributed by atoms with E-state index in [1.54, 1.807) is 0 Å². The van der Waals surface area contributed by atoms with E-state index in [1.807, 2.05) is 25.1 Å². The van der Waals surface area contributed by atoms with Crippen LogP contribution in [0.5, 0.6) is 5.75 Å². The Bertz CT molecular complexity index is 566. The van der Waals surface area contributed by atoms with Crippen LogP contribution in [0.3, 0.4) is 0 Å². The molecule has 0 heterocycles. The van der Waals surface area contributed by atoms with Gasteiger partial charge >= 0.3 is 0 Å². The molecule has 0 saturated heterocycles. The molecule has 1 N–H and O–H groups in total. The van der Waals surface area contributed by atoms with Crippen molar-refractivity contribution in [3.63, 3.8) is 0 Å². The first kappa shape index (κ1) is 15.9. The summed E-state index contributed by atoms with van der Waals surface area (Å²) in [5, 5.41) is 4.05. The first-order chi connectivity index (χ1) is 10.2. The van der Waals surface area contributed by atoms with Crippen LogP contribution >= 0.6 is 11.6 Å². The number of halogens is 1. The molecular weight excluding hydrogens is 282 g/mol. The Hall–Kier alpha value is -1.51. The predicted octanol–water partition coefficient (Wildman–Crippen LogP) is 4.73. The number of benzene rings is 2. The Kier molecular flexibility index (Phi) is 6.09. The highest BCUT2D eigenvalue weighted by atomic mass is 35.5. The summed E-state index contributed by atoms with van der Waals surface area (Å²) in [5.41, 5.74) is 3.58. The van der Waals surface area contributed by atoms with Crippen molar-refractivity contribution >= 4 is 11.6 Å². The molecule has 0 aliphatic rings. The van der Waals surface area contributed by atoms with E-state index in [4.69, 9.17) is 16.3 Å². The summed E-state index contributed by atoms with van der Waals surface area (Å²) in [4.78, 5) is 0. The maximum absolute atomic E-state index is 6.13. The lowest BCUT2D eigenvalue weighted by molar-refractivity contribution is 0.306. The van der Waals surface area contributed by atoms with Crippen LogP contribution in [0, 0.1) is 6.92 Å². The standard InChI is InChI=1S/C18H22ClNO/c1-3-10-20-12-15-5-7-16(8-6-15)13-21-18-11-14(2)4-9-17(18)19/h4-9,11,20H,3,10,12-13H2,1-2H3. The van der Waals surface area contributed by atoms with E-state index in [0.717, 1.165) is 36.4 Å². The maximum Gasteiger partial charge on any atom is 0.138 e. The van der Waals surface area contributed by atoms with Gasteiger partial charge in [-0.2, -0.15) is 0 Å². The first-order valence-electron chi connectivity index (χ1n) is 7.36. The molecule has 0 fully saturated rings. The van der Waals surface area contributed by atoms with Gasteiger partial charge in [0.15, 0.2) is 0 Å². The predicted molar refractivity (Wildman–Crippen MR) is 89.0 cm³/mol. The van der Waals surface area contributed by atoms with Crippen molar-refractivity contribution in [1.82, 2.24) is 5.32 Å². The molecular formula is C18H22ClNO. The van der Waals surface area contributed by atoms with Crippen LogP contribution < -0.4 is 10.1 Å². The van der Waals surface area contributed by atoms with Gasteiger partial charge in [-0.15, -0.1) is 0 Å². The van der Waals surface area contributed by atoms with Crippen LogP contribution in [0.2, 0.25) is 5.02 Å². The molecule has 0 radical (unpaired) electrons. The molecule has 2 rings (SSSR count). The van der Waals surface area contributed by atoms with Crippen LogP contribution in [-0.2, 0) is 13.2 Å². The molecule has 0 aliphatic carbocycles. The molecule has 2 aromatic rings. The second-order valence-corrected chi connectivity index (χ2v) is 5.62. The molecule has 21 heavy (non-hydrogen) atoms. The summed E-state index contributed by atoms with van der Waals surface area (Å²) in [6.45, 7) is 6.70. The van der Waals surface area contributed by atoms with Crippen LogP contribution in [0.15, 0.2) is 42.5 Å². The van der Waals surface area contributed by atoms with Gasteiger partial charge in [0.2, 0.25) is 0 Å². The van der Waals surface area contributed by atoms with E-state index in [2.05, 4.69) is 36.5 Å². The maximum atomic E-state index is 6.13. The molecule has 0 amide bonds. The highest BCUT2D eigenvalue weighted by molar-refractivity contribution is 6.32. The third kappa shape index (κ3) is 5.07. The van der Waals surface area contributed by atoms with Gasteiger partial charge in [0.25, 0.3) is 0 Å². The fourth-order valence-electron chi connectivity index (χ4n) is 2.05. The van der Waals surface area contributed by atoms with E-state index in [0.29, 0.717) is 11.6 Å². The number of hydrogen-bond donors (Lipinski definition) is 1. The molecule has 0 bridgehead atoms. The lowest BCUT2D eigenvalue weighted by atomic mass is 10.1. The van der Waals surface area contributed by atoms with Gasteiger partial charge in [0.1, 0.15) is 12.4 Å². The normalized spacial score (nSPS) is 10.6. The highest BCUT2D eigenvalue weighted by Crippen LogP contribution is 2.26. The summed E-state index contributed by atoms with van der Waals surface area (Å²) in [5.74, 6) is 0.741. The molecule has 0 atom stereocenters. The van der Waals surface area contributed by atoms with Crippen LogP contribution in [0.4, 0.5) is 0 Å². The fourth-order valence-corrected chi connectivity index (χ4v) is 2.22. The second kappa shape index (κ2) is 8.06. The van der Waals surface area contributed by atoms with E-state index in [1.165, 1.54) is 5.56 Å². The summed E-state index contributed by atoms with van der Waals surface area (Å²) in [6.07, 6.45) is 1.16. The number of rotatable bonds is 7. The topological polar surface area (TPSA) is 21.3 Å². The molecule has 2 aromatic carbocycles. The average Bonchev–Trinajstić information content (AvgIpc) is 2.50. The molecule has 0 unspecified atom stereocenters. The zero-order valence-electron chi connectivity index (χ0n) is 12.7. The smallest absolute Gasteiger partial charge is 0.138 e. The SMILES string of the molecule is CCCNCc1ccc(COc2cc(C)ccc2Cl)cc1. The van der Waals surface area contributed by atoms with E-state index in [-0.39, 0.29) is 0 Å². The average molecular weight is 304 g/mol. The Labute approximate surface area is 132 Å². The van der Waals surface area contributed by atoms with Crippen molar-refractivity contribution in [3.05, 3.63) is 64.2 Å². The van der Waals surface area contributed by atoms with Gasteiger partial charge in [-0.05, 0) is 48.7 Å². The zero-order valence-corrected chi connectivity index (χ0v) is 13.4. The van der Waals surface area contributed by atoms with Gasteiger partial charge < -0.3 is 10.1 Å². The molecule has 0 spiro atoms. The monoisotopic (exact) mass is 303 g/mol. The Morgan fingerprint density at radius 3 is 2.48 bits per heavy atom. The quantitative estimate of drug-likeness (QED) is 0.747. The van der Waals surface area contributed by atoms with E-state index in [9.17, 15) is 0 Å². The molecule has 0 aliphatic heterocycles. The summed E-state index contributed by atoms with van der Waals surface area (Å²) in [7, 11) is 0. The van der Waals surface area contributed by atoms with Crippen LogP contribution in [0.25, 0.3) is 0 Å². The Morgan fingerprint density at radius 1 is 1.05 bits per heavy atom. The Balaban J connectivity index is 1.90. The molecule has 3 heteroatoms. The molecule has 2 nitrogen and oxygen atoms in total. The minimum Gasteiger partial charge on any atom is -0.487 e. The second-order valence-electron chi connectivity index (χ2n) is 5.22. The summed E-state index contributed by atoms with van der Waals surface area (Å²) < 4.78 is 5.79. The number of aryl methyl sites for hydroxylation is 1. The number of nitrogens with one attached hydrogen (secondary N) is 1. The number of ether oxygens (including phenoxy) is 1. The Morgan fingerprint density at radius 2 is 1.76 bits per heavy atom. The minimum atomic E-state index is 0.534. The van der Waals surface area contributed by atoms with Crippen molar-refractivity contribution in [2.24, 2.45) is 0 Å². The van der Waals surface area contributed by atoms with Crippen LogP contribution in [0.1, 0.15) is 30.0 Å². The van der Waals surface area contributed by atoms with Gasteiger partial charge in [0.05, 0.1) is 5.02 Å². The minimum absolute atomic E-state index is 0.534. The van der Waals surface area contributed by atoms with Crippen molar-refractivity contribution in [2.45, 2.75) is 33.4 Å². The van der Waals surface area contributed by atoms with Crippen molar-refractivity contribution in [2.75, 3.05) is 6.54 Å². The van der Waals surface area contributed by atoms with Gasteiger partial charge in [-0.3, -0.25) is 0 Å². The first-order valence-corrected chi connectivity index (χ1v) is 7.74.